The summed E-state index contributed by atoms with van der Waals surface area (Å²) in [6.45, 7) is 3.65. The topological polar surface area (TPSA) is 93.3 Å². The van der Waals surface area contributed by atoms with Gasteiger partial charge in [-0.25, -0.2) is 13.2 Å². The van der Waals surface area contributed by atoms with Crippen LogP contribution in [0.25, 0.3) is 0 Å². The van der Waals surface area contributed by atoms with Crippen molar-refractivity contribution in [3.8, 4) is 0 Å². The zero-order valence-corrected chi connectivity index (χ0v) is 17.5. The Hall–Kier alpha value is -3.53. The van der Waals surface area contributed by atoms with E-state index in [-0.39, 0.29) is 30.9 Å². The van der Waals surface area contributed by atoms with E-state index in [4.69, 9.17) is 0 Å². The highest BCUT2D eigenvalue weighted by molar-refractivity contribution is 6.01. The van der Waals surface area contributed by atoms with Crippen LogP contribution >= 0.6 is 0 Å². The normalized spacial score (nSPS) is 14.8. The fraction of sp³-hybridized carbons (Fsp3) is 0.273. The molecule has 0 spiro atoms. The quantitative estimate of drug-likeness (QED) is 0.466. The van der Waals surface area contributed by atoms with Gasteiger partial charge in [0.25, 0.3) is 5.91 Å². The second-order valence-corrected chi connectivity index (χ2v) is 8.07. The summed E-state index contributed by atoms with van der Waals surface area (Å²) >= 11 is 0. The number of nitrogens with one attached hydrogen (secondary N) is 3. The standard InChI is InChI=1S/C22H22F3N5O2/c1-12-3-6-17(16(24)7-12)27-20-14(4-5-15(23)19(20)25)21(31)30-10-22(32,11-30)9-26-18-8-13(2)28-29-18/h3-8,27,32H,9-11H2,1-2H3,(H2,26,28,29). The molecule has 168 valence electrons. The van der Waals surface area contributed by atoms with E-state index in [0.717, 1.165) is 17.8 Å². The number of aryl methyl sites for hydroxylation is 2. The van der Waals surface area contributed by atoms with Crippen LogP contribution in [0.15, 0.2) is 36.4 Å². The van der Waals surface area contributed by atoms with E-state index in [9.17, 15) is 23.1 Å². The van der Waals surface area contributed by atoms with Crippen LogP contribution in [-0.2, 0) is 0 Å². The van der Waals surface area contributed by atoms with Crippen LogP contribution in [0.4, 0.5) is 30.4 Å². The summed E-state index contributed by atoms with van der Waals surface area (Å²) in [5.74, 6) is -3.17. The molecular weight excluding hydrogens is 423 g/mol. The predicted molar refractivity (Wildman–Crippen MR) is 113 cm³/mol. The molecule has 32 heavy (non-hydrogen) atoms. The second-order valence-electron chi connectivity index (χ2n) is 8.07. The minimum Gasteiger partial charge on any atom is -0.384 e. The molecule has 0 saturated carbocycles. The van der Waals surface area contributed by atoms with Crippen molar-refractivity contribution in [3.05, 3.63) is 70.7 Å². The largest absolute Gasteiger partial charge is 0.384 e. The number of carbonyl (C=O) groups is 1. The van der Waals surface area contributed by atoms with Crippen molar-refractivity contribution >= 4 is 23.1 Å². The first kappa shape index (κ1) is 21.7. The number of H-pyrrole nitrogens is 1. The third kappa shape index (κ3) is 4.26. The molecule has 3 aromatic rings. The zero-order chi connectivity index (χ0) is 23.0. The van der Waals surface area contributed by atoms with Crippen LogP contribution in [0.2, 0.25) is 0 Å². The van der Waals surface area contributed by atoms with Crippen molar-refractivity contribution in [2.45, 2.75) is 19.4 Å². The molecule has 1 aliphatic rings. The molecule has 7 nitrogen and oxygen atoms in total. The van der Waals surface area contributed by atoms with Gasteiger partial charge in [-0.05, 0) is 43.7 Å². The number of hydrogen-bond acceptors (Lipinski definition) is 5. The van der Waals surface area contributed by atoms with E-state index in [1.807, 2.05) is 6.92 Å². The van der Waals surface area contributed by atoms with Crippen molar-refractivity contribution in [3.63, 3.8) is 0 Å². The summed E-state index contributed by atoms with van der Waals surface area (Å²) in [4.78, 5) is 14.3. The highest BCUT2D eigenvalue weighted by atomic mass is 19.2. The first-order valence-electron chi connectivity index (χ1n) is 9.94. The van der Waals surface area contributed by atoms with E-state index in [0.29, 0.717) is 11.4 Å². The smallest absolute Gasteiger partial charge is 0.256 e. The van der Waals surface area contributed by atoms with Crippen LogP contribution in [0.3, 0.4) is 0 Å². The SMILES string of the molecule is Cc1ccc(Nc2c(C(=O)N3CC(O)(CNc4cc(C)[nH]n4)C3)ccc(F)c2F)c(F)c1. The number of halogens is 3. The molecule has 1 amide bonds. The number of carbonyl (C=O) groups excluding carboxylic acids is 1. The summed E-state index contributed by atoms with van der Waals surface area (Å²) in [7, 11) is 0. The molecule has 1 saturated heterocycles. The number of benzene rings is 2. The monoisotopic (exact) mass is 445 g/mol. The molecule has 4 rings (SSSR count). The summed E-state index contributed by atoms with van der Waals surface area (Å²) in [5.41, 5.74) is -0.402. The molecule has 1 aromatic heterocycles. The number of aromatic nitrogens is 2. The highest BCUT2D eigenvalue weighted by Gasteiger charge is 2.44. The van der Waals surface area contributed by atoms with Crippen molar-refractivity contribution < 1.29 is 23.1 Å². The van der Waals surface area contributed by atoms with E-state index in [1.165, 1.54) is 17.0 Å². The van der Waals surface area contributed by atoms with Crippen LogP contribution < -0.4 is 10.6 Å². The predicted octanol–water partition coefficient (Wildman–Crippen LogP) is 3.49. The molecule has 2 heterocycles. The van der Waals surface area contributed by atoms with Crippen molar-refractivity contribution in [2.24, 2.45) is 0 Å². The minimum absolute atomic E-state index is 0.0143. The van der Waals surface area contributed by atoms with E-state index in [1.54, 1.807) is 19.1 Å². The number of amides is 1. The number of likely N-dealkylation sites (tertiary alicyclic amines) is 1. The third-order valence-corrected chi connectivity index (χ3v) is 5.27. The maximum atomic E-state index is 14.6. The van der Waals surface area contributed by atoms with Gasteiger partial charge in [0.05, 0.1) is 30.0 Å². The molecule has 1 fully saturated rings. The van der Waals surface area contributed by atoms with Gasteiger partial charge in [0, 0.05) is 18.3 Å². The first-order chi connectivity index (χ1) is 15.1. The Morgan fingerprint density at radius 3 is 2.56 bits per heavy atom. The Morgan fingerprint density at radius 1 is 1.16 bits per heavy atom. The molecule has 0 bridgehead atoms. The van der Waals surface area contributed by atoms with Gasteiger partial charge in [0.2, 0.25) is 0 Å². The van der Waals surface area contributed by atoms with Crippen LogP contribution in [-0.4, -0.2) is 51.3 Å². The number of aliphatic hydroxyl groups is 1. The average molecular weight is 445 g/mol. The molecule has 1 aliphatic heterocycles. The molecule has 0 atom stereocenters. The minimum atomic E-state index is -1.29. The average Bonchev–Trinajstić information content (AvgIpc) is 3.14. The number of aromatic amines is 1. The Bertz CT molecular complexity index is 1170. The maximum absolute atomic E-state index is 14.6. The van der Waals surface area contributed by atoms with E-state index >= 15 is 0 Å². The summed E-state index contributed by atoms with van der Waals surface area (Å²) in [6, 6.07) is 7.98. The fourth-order valence-electron chi connectivity index (χ4n) is 3.56. The summed E-state index contributed by atoms with van der Waals surface area (Å²) in [6.07, 6.45) is 0. The molecular formula is C22H22F3N5O2. The Morgan fingerprint density at radius 2 is 1.91 bits per heavy atom. The van der Waals surface area contributed by atoms with Gasteiger partial charge in [-0.15, -0.1) is 0 Å². The lowest BCUT2D eigenvalue weighted by atomic mass is 9.92. The third-order valence-electron chi connectivity index (χ3n) is 5.27. The highest BCUT2D eigenvalue weighted by Crippen LogP contribution is 2.31. The van der Waals surface area contributed by atoms with E-state index in [2.05, 4.69) is 20.8 Å². The zero-order valence-electron chi connectivity index (χ0n) is 17.5. The van der Waals surface area contributed by atoms with Crippen LogP contribution in [0.1, 0.15) is 21.6 Å². The second kappa shape index (κ2) is 8.19. The number of rotatable bonds is 6. The Labute approximate surface area is 182 Å². The van der Waals surface area contributed by atoms with Gasteiger partial charge in [-0.1, -0.05) is 6.07 Å². The fourth-order valence-corrected chi connectivity index (χ4v) is 3.56. The molecule has 0 unspecified atom stereocenters. The number of nitrogens with zero attached hydrogens (tertiary/aromatic N) is 2. The molecule has 10 heteroatoms. The van der Waals surface area contributed by atoms with Gasteiger partial charge >= 0.3 is 0 Å². The molecule has 4 N–H and O–H groups in total. The Balaban J connectivity index is 1.50. The first-order valence-corrected chi connectivity index (χ1v) is 9.94. The van der Waals surface area contributed by atoms with Crippen LogP contribution in [0.5, 0.6) is 0 Å². The molecule has 2 aromatic carbocycles. The van der Waals surface area contributed by atoms with Crippen molar-refractivity contribution in [1.82, 2.24) is 15.1 Å². The number of hydrogen-bond donors (Lipinski definition) is 4. The Kier molecular flexibility index (Phi) is 5.55. The molecule has 0 aliphatic carbocycles. The lowest BCUT2D eigenvalue weighted by Crippen LogP contribution is -2.66. The van der Waals surface area contributed by atoms with Crippen molar-refractivity contribution in [2.75, 3.05) is 30.3 Å². The van der Waals surface area contributed by atoms with Crippen molar-refractivity contribution in [1.29, 1.82) is 0 Å². The number of β-amino-alcohol motifs (C(OH)–C–C–N with tert-alkyl or cyclic N) is 1. The number of anilines is 3. The van der Waals surface area contributed by atoms with Gasteiger partial charge in [-0.3, -0.25) is 9.89 Å². The lowest BCUT2D eigenvalue weighted by Gasteiger charge is -2.46. The molecule has 0 radical (unpaired) electrons. The van der Waals surface area contributed by atoms with Crippen LogP contribution in [0, 0.1) is 31.3 Å². The van der Waals surface area contributed by atoms with Gasteiger partial charge in [0.15, 0.2) is 11.6 Å². The van der Waals surface area contributed by atoms with Gasteiger partial charge < -0.3 is 20.6 Å². The maximum Gasteiger partial charge on any atom is 0.256 e. The van der Waals surface area contributed by atoms with E-state index < -0.39 is 34.6 Å². The van der Waals surface area contributed by atoms with Gasteiger partial charge in [0.1, 0.15) is 17.2 Å². The van der Waals surface area contributed by atoms with Gasteiger partial charge in [-0.2, -0.15) is 5.10 Å². The lowest BCUT2D eigenvalue weighted by molar-refractivity contribution is -0.0707. The summed E-state index contributed by atoms with van der Waals surface area (Å²) < 4.78 is 42.7. The summed E-state index contributed by atoms with van der Waals surface area (Å²) in [5, 5.41) is 22.9.